The molecular formula is C11H15ClN4O2. The molecule has 2 rings (SSSR count). The molecule has 1 aliphatic rings. The number of hydrogen-bond acceptors (Lipinski definition) is 4. The molecule has 0 atom stereocenters. The molecular weight excluding hydrogens is 256 g/mol. The van der Waals surface area contributed by atoms with Gasteiger partial charge in [-0.05, 0) is 12.1 Å². The zero-order valence-electron chi connectivity index (χ0n) is 9.76. The lowest BCUT2D eigenvalue weighted by Crippen LogP contribution is -2.51. The molecule has 7 heteroatoms. The third-order valence-corrected chi connectivity index (χ3v) is 2.57. The summed E-state index contributed by atoms with van der Waals surface area (Å²) in [5.74, 6) is -0.393. The van der Waals surface area contributed by atoms with E-state index in [1.54, 1.807) is 17.0 Å². The number of urea groups is 1. The van der Waals surface area contributed by atoms with Gasteiger partial charge in [0, 0.05) is 44.1 Å². The number of piperazine rings is 1. The number of halogens is 1. The number of imide groups is 1. The van der Waals surface area contributed by atoms with E-state index in [9.17, 15) is 9.59 Å². The van der Waals surface area contributed by atoms with Gasteiger partial charge in [-0.2, -0.15) is 0 Å². The van der Waals surface area contributed by atoms with Crippen molar-refractivity contribution in [1.82, 2.24) is 20.5 Å². The molecule has 6 nitrogen and oxygen atoms in total. The van der Waals surface area contributed by atoms with Gasteiger partial charge < -0.3 is 10.2 Å². The molecule has 0 aromatic carbocycles. The molecule has 1 aromatic rings. The normalized spacial score (nSPS) is 14.6. The van der Waals surface area contributed by atoms with Crippen LogP contribution in [-0.4, -0.2) is 48.0 Å². The van der Waals surface area contributed by atoms with E-state index in [4.69, 9.17) is 0 Å². The number of carbonyl (C=O) groups is 2. The van der Waals surface area contributed by atoms with Crippen molar-refractivity contribution in [3.05, 3.63) is 30.1 Å². The summed E-state index contributed by atoms with van der Waals surface area (Å²) in [5, 5.41) is 5.50. The van der Waals surface area contributed by atoms with Crippen molar-refractivity contribution in [2.24, 2.45) is 0 Å². The Morgan fingerprint density at radius 1 is 1.22 bits per heavy atom. The van der Waals surface area contributed by atoms with Gasteiger partial charge in [-0.1, -0.05) is 0 Å². The molecule has 3 amide bonds. The van der Waals surface area contributed by atoms with Crippen molar-refractivity contribution in [1.29, 1.82) is 0 Å². The van der Waals surface area contributed by atoms with E-state index in [-0.39, 0.29) is 18.4 Å². The summed E-state index contributed by atoms with van der Waals surface area (Å²) >= 11 is 0. The predicted molar refractivity (Wildman–Crippen MR) is 68.8 cm³/mol. The van der Waals surface area contributed by atoms with E-state index in [0.29, 0.717) is 18.7 Å². The summed E-state index contributed by atoms with van der Waals surface area (Å²) in [6, 6.07) is 2.80. The molecule has 1 aromatic heterocycles. The summed E-state index contributed by atoms with van der Waals surface area (Å²) in [6.45, 7) is 2.76. The van der Waals surface area contributed by atoms with Gasteiger partial charge >= 0.3 is 6.03 Å². The van der Waals surface area contributed by atoms with Crippen LogP contribution < -0.4 is 10.6 Å². The lowest BCUT2D eigenvalue weighted by atomic mass is 10.2. The van der Waals surface area contributed by atoms with Gasteiger partial charge in [0.2, 0.25) is 0 Å². The Morgan fingerprint density at radius 3 is 2.44 bits per heavy atom. The lowest BCUT2D eigenvalue weighted by Gasteiger charge is -2.27. The molecule has 0 spiro atoms. The minimum Gasteiger partial charge on any atom is -0.322 e. The molecule has 0 saturated carbocycles. The topological polar surface area (TPSA) is 74.3 Å². The molecule has 98 valence electrons. The van der Waals surface area contributed by atoms with Crippen molar-refractivity contribution in [3.8, 4) is 0 Å². The van der Waals surface area contributed by atoms with Crippen LogP contribution >= 0.6 is 12.4 Å². The molecule has 0 radical (unpaired) electrons. The number of nitrogens with one attached hydrogen (secondary N) is 2. The summed E-state index contributed by atoms with van der Waals surface area (Å²) < 4.78 is 0. The molecule has 1 fully saturated rings. The maximum atomic E-state index is 11.7. The molecule has 2 N–H and O–H groups in total. The maximum Gasteiger partial charge on any atom is 0.324 e. The molecule has 1 aliphatic heterocycles. The molecule has 18 heavy (non-hydrogen) atoms. The molecule has 0 aliphatic carbocycles. The van der Waals surface area contributed by atoms with Crippen molar-refractivity contribution in [2.75, 3.05) is 26.2 Å². The molecule has 2 heterocycles. The number of amides is 3. The third kappa shape index (κ3) is 3.68. The average Bonchev–Trinajstić information content (AvgIpc) is 2.40. The van der Waals surface area contributed by atoms with Crippen molar-refractivity contribution >= 4 is 24.3 Å². The fraction of sp³-hybridized carbons (Fsp3) is 0.364. The summed E-state index contributed by atoms with van der Waals surface area (Å²) in [5.41, 5.74) is 0.434. The molecule has 0 bridgehead atoms. The Labute approximate surface area is 111 Å². The summed E-state index contributed by atoms with van der Waals surface area (Å²) in [6.07, 6.45) is 3.04. The standard InChI is InChI=1S/C11H14N4O2.ClH/c16-10(9-1-3-12-4-2-9)14-11(17)15-7-5-13-6-8-15;/h1-4,13H,5-8H2,(H,14,16,17);1H. The van der Waals surface area contributed by atoms with Crippen LogP contribution in [0.1, 0.15) is 10.4 Å². The van der Waals surface area contributed by atoms with Gasteiger partial charge in [0.15, 0.2) is 0 Å². The first-order valence-corrected chi connectivity index (χ1v) is 5.48. The minimum absolute atomic E-state index is 0. The number of pyridine rings is 1. The second-order valence-corrected chi connectivity index (χ2v) is 3.73. The Morgan fingerprint density at radius 2 is 1.83 bits per heavy atom. The van der Waals surface area contributed by atoms with E-state index < -0.39 is 5.91 Å². The second kappa shape index (κ2) is 6.93. The lowest BCUT2D eigenvalue weighted by molar-refractivity contribution is 0.0949. The SMILES string of the molecule is Cl.O=C(NC(=O)N1CCNCC1)c1ccncc1. The summed E-state index contributed by atoms with van der Waals surface area (Å²) in [7, 11) is 0. The van der Waals surface area contributed by atoms with E-state index in [2.05, 4.69) is 15.6 Å². The van der Waals surface area contributed by atoms with Crippen molar-refractivity contribution < 1.29 is 9.59 Å². The van der Waals surface area contributed by atoms with Crippen molar-refractivity contribution in [2.45, 2.75) is 0 Å². The number of carbonyl (C=O) groups excluding carboxylic acids is 2. The number of aromatic nitrogens is 1. The highest BCUT2D eigenvalue weighted by atomic mass is 35.5. The zero-order valence-corrected chi connectivity index (χ0v) is 10.6. The number of rotatable bonds is 1. The smallest absolute Gasteiger partial charge is 0.322 e. The highest BCUT2D eigenvalue weighted by Gasteiger charge is 2.18. The highest BCUT2D eigenvalue weighted by molar-refractivity contribution is 6.04. The van der Waals surface area contributed by atoms with E-state index in [0.717, 1.165) is 13.1 Å². The first-order chi connectivity index (χ1) is 8.27. The van der Waals surface area contributed by atoms with Crippen LogP contribution in [0.25, 0.3) is 0 Å². The van der Waals surface area contributed by atoms with Gasteiger partial charge in [0.25, 0.3) is 5.91 Å². The Kier molecular flexibility index (Phi) is 5.54. The fourth-order valence-electron chi connectivity index (χ4n) is 1.62. The average molecular weight is 271 g/mol. The van der Waals surface area contributed by atoms with Crippen LogP contribution in [0.3, 0.4) is 0 Å². The molecule has 0 unspecified atom stereocenters. The number of hydrogen-bond donors (Lipinski definition) is 2. The Hall–Kier alpha value is -1.66. The summed E-state index contributed by atoms with van der Waals surface area (Å²) in [4.78, 5) is 28.9. The van der Waals surface area contributed by atoms with Gasteiger partial charge in [-0.15, -0.1) is 12.4 Å². The quantitative estimate of drug-likeness (QED) is 0.768. The van der Waals surface area contributed by atoms with Crippen LogP contribution in [0, 0.1) is 0 Å². The fourth-order valence-corrected chi connectivity index (χ4v) is 1.62. The van der Waals surface area contributed by atoms with E-state index in [1.165, 1.54) is 12.4 Å². The van der Waals surface area contributed by atoms with E-state index in [1.807, 2.05) is 0 Å². The van der Waals surface area contributed by atoms with Crippen LogP contribution in [0.5, 0.6) is 0 Å². The van der Waals surface area contributed by atoms with Crippen LogP contribution in [0.2, 0.25) is 0 Å². The number of nitrogens with zero attached hydrogens (tertiary/aromatic N) is 2. The van der Waals surface area contributed by atoms with Gasteiger partial charge in [-0.25, -0.2) is 4.79 Å². The third-order valence-electron chi connectivity index (χ3n) is 2.57. The van der Waals surface area contributed by atoms with Crippen LogP contribution in [0.4, 0.5) is 4.79 Å². The predicted octanol–water partition coefficient (Wildman–Crippen LogP) is 0.258. The van der Waals surface area contributed by atoms with E-state index >= 15 is 0 Å². The van der Waals surface area contributed by atoms with Crippen LogP contribution in [-0.2, 0) is 0 Å². The molecule has 1 saturated heterocycles. The second-order valence-electron chi connectivity index (χ2n) is 3.73. The minimum atomic E-state index is -0.393. The monoisotopic (exact) mass is 270 g/mol. The van der Waals surface area contributed by atoms with Crippen molar-refractivity contribution in [3.63, 3.8) is 0 Å². The van der Waals surface area contributed by atoms with Gasteiger partial charge in [-0.3, -0.25) is 15.1 Å². The van der Waals surface area contributed by atoms with Crippen LogP contribution in [0.15, 0.2) is 24.5 Å². The van der Waals surface area contributed by atoms with Gasteiger partial charge in [0.1, 0.15) is 0 Å². The first-order valence-electron chi connectivity index (χ1n) is 5.48. The maximum absolute atomic E-state index is 11.7. The van der Waals surface area contributed by atoms with Gasteiger partial charge in [0.05, 0.1) is 0 Å². The first kappa shape index (κ1) is 14.4. The Balaban J connectivity index is 0.00000162. The zero-order chi connectivity index (χ0) is 12.1. The highest BCUT2D eigenvalue weighted by Crippen LogP contribution is 1.98. The Bertz CT molecular complexity index is 407. The largest absolute Gasteiger partial charge is 0.324 e.